The lowest BCUT2D eigenvalue weighted by atomic mass is 9.49. The highest BCUT2D eigenvalue weighted by Gasteiger charge is 2.30. The minimum absolute atomic E-state index is 0.00666. The summed E-state index contributed by atoms with van der Waals surface area (Å²) in [5, 5.41) is 2.69. The fraction of sp³-hybridized carbons (Fsp3) is 0.409. The first-order valence-electron chi connectivity index (χ1n) is 11.9. The average Bonchev–Trinajstić information content (AvgIpc) is 3.18. The first kappa shape index (κ1) is 26.2. The molecule has 36 heavy (non-hydrogen) atoms. The maximum Gasteiger partial charge on any atom is 0.260 e. The van der Waals surface area contributed by atoms with E-state index in [1.165, 1.54) is 17.5 Å². The van der Waals surface area contributed by atoms with Gasteiger partial charge in [-0.3, -0.25) is 14.5 Å². The standard InChI is InChI=1S/C22H30B3N5O5S/c1-13-10-29(36(3,33)34)7-6-28(13)11-16-9-17-20(35-16)18(12-30(21(17)32)22(23,24)25)15-4-5-26-19(8-15)27-14(2)31/h4-5,8-9,12-13H,6-7,10-11,23-25H2,1-3H3,(H,26,27,31)/t13-/m1/s1. The Bertz CT molecular complexity index is 1480. The van der Waals surface area contributed by atoms with Crippen LogP contribution in [0.5, 0.6) is 0 Å². The van der Waals surface area contributed by atoms with E-state index in [-0.39, 0.29) is 17.5 Å². The molecule has 3 aromatic heterocycles. The molecule has 1 aliphatic heterocycles. The van der Waals surface area contributed by atoms with Gasteiger partial charge in [0.2, 0.25) is 15.9 Å². The van der Waals surface area contributed by atoms with E-state index in [1.807, 2.05) is 36.5 Å². The number of rotatable bonds is 6. The quantitative estimate of drug-likeness (QED) is 0.405. The maximum absolute atomic E-state index is 13.4. The van der Waals surface area contributed by atoms with Crippen molar-refractivity contribution in [2.45, 2.75) is 31.7 Å². The topological polar surface area (TPSA) is 118 Å². The van der Waals surface area contributed by atoms with Crippen LogP contribution in [0.4, 0.5) is 5.82 Å². The van der Waals surface area contributed by atoms with Crippen LogP contribution in [-0.2, 0) is 26.6 Å². The van der Waals surface area contributed by atoms with Gasteiger partial charge in [0.1, 0.15) is 40.7 Å². The lowest BCUT2D eigenvalue weighted by molar-refractivity contribution is -0.114. The van der Waals surface area contributed by atoms with Gasteiger partial charge < -0.3 is 14.3 Å². The summed E-state index contributed by atoms with van der Waals surface area (Å²) in [4.78, 5) is 31.3. The summed E-state index contributed by atoms with van der Waals surface area (Å²) >= 11 is 0. The highest BCUT2D eigenvalue weighted by atomic mass is 32.2. The van der Waals surface area contributed by atoms with Gasteiger partial charge in [0, 0.05) is 50.6 Å². The molecule has 1 fully saturated rings. The Morgan fingerprint density at radius 2 is 2.00 bits per heavy atom. The van der Waals surface area contributed by atoms with Gasteiger partial charge >= 0.3 is 0 Å². The number of nitrogens with zero attached hydrogens (tertiary/aromatic N) is 4. The number of amides is 1. The first-order valence-corrected chi connectivity index (χ1v) is 13.7. The van der Waals surface area contributed by atoms with Crippen LogP contribution in [-0.4, -0.2) is 88.6 Å². The third kappa shape index (κ3) is 5.45. The van der Waals surface area contributed by atoms with Crippen molar-refractivity contribution in [1.82, 2.24) is 18.8 Å². The van der Waals surface area contributed by atoms with E-state index in [4.69, 9.17) is 4.42 Å². The summed E-state index contributed by atoms with van der Waals surface area (Å²) in [7, 11) is 2.64. The van der Waals surface area contributed by atoms with E-state index < -0.39 is 15.3 Å². The molecule has 0 radical (unpaired) electrons. The lowest BCUT2D eigenvalue weighted by Crippen LogP contribution is -2.52. The van der Waals surface area contributed by atoms with Gasteiger partial charge in [-0.25, -0.2) is 13.4 Å². The molecular formula is C22H30B3N5O5S. The Labute approximate surface area is 213 Å². The molecule has 0 unspecified atom stereocenters. The van der Waals surface area contributed by atoms with Crippen LogP contribution in [0.25, 0.3) is 22.1 Å². The summed E-state index contributed by atoms with van der Waals surface area (Å²) < 4.78 is 33.3. The second-order valence-corrected chi connectivity index (χ2v) is 12.4. The maximum atomic E-state index is 13.4. The summed E-state index contributed by atoms with van der Waals surface area (Å²) in [6, 6.07) is 5.34. The third-order valence-corrected chi connectivity index (χ3v) is 7.66. The largest absolute Gasteiger partial charge is 0.459 e. The number of anilines is 1. The minimum Gasteiger partial charge on any atom is -0.459 e. The molecule has 10 nitrogen and oxygen atoms in total. The number of pyridine rings is 2. The van der Waals surface area contributed by atoms with E-state index in [2.05, 4.69) is 15.2 Å². The SMILES string of the molecule is BC(B)(B)n1cc(-c2ccnc(NC(C)=O)c2)c2oc(CN3CCN(S(C)(=O)=O)C[C@H]3C)cc2c1=O. The van der Waals surface area contributed by atoms with Gasteiger partial charge in [0.25, 0.3) is 5.56 Å². The van der Waals surface area contributed by atoms with Crippen LogP contribution in [0.1, 0.15) is 19.6 Å². The average molecular weight is 509 g/mol. The summed E-state index contributed by atoms with van der Waals surface area (Å²) in [6.07, 6.45) is 4.62. The molecule has 0 spiro atoms. The molecule has 1 aliphatic rings. The van der Waals surface area contributed by atoms with Crippen molar-refractivity contribution >= 4 is 56.3 Å². The number of hydrogen-bond donors (Lipinski definition) is 1. The molecule has 1 amide bonds. The first-order chi connectivity index (χ1) is 16.7. The molecule has 188 valence electrons. The Hall–Kier alpha value is -2.83. The van der Waals surface area contributed by atoms with E-state index >= 15 is 0 Å². The van der Waals surface area contributed by atoms with Crippen LogP contribution in [0, 0.1) is 0 Å². The van der Waals surface area contributed by atoms with E-state index in [9.17, 15) is 18.0 Å². The zero-order valence-corrected chi connectivity index (χ0v) is 22.3. The molecule has 1 saturated heterocycles. The highest BCUT2D eigenvalue weighted by molar-refractivity contribution is 7.88. The van der Waals surface area contributed by atoms with Crippen molar-refractivity contribution in [2.75, 3.05) is 31.2 Å². The van der Waals surface area contributed by atoms with E-state index in [1.54, 1.807) is 29.1 Å². The van der Waals surface area contributed by atoms with Gasteiger partial charge in [-0.1, -0.05) is 0 Å². The zero-order valence-electron chi connectivity index (χ0n) is 21.5. The van der Waals surface area contributed by atoms with Crippen molar-refractivity contribution in [3.63, 3.8) is 0 Å². The Balaban J connectivity index is 1.77. The van der Waals surface area contributed by atoms with Crippen LogP contribution >= 0.6 is 0 Å². The predicted molar refractivity (Wildman–Crippen MR) is 148 cm³/mol. The van der Waals surface area contributed by atoms with Gasteiger partial charge in [-0.2, -0.15) is 4.31 Å². The molecule has 1 N–H and O–H groups in total. The number of sulfonamides is 1. The summed E-state index contributed by atoms with van der Waals surface area (Å²) in [6.45, 7) is 5.24. The summed E-state index contributed by atoms with van der Waals surface area (Å²) in [5.74, 6) is 0.812. The van der Waals surface area contributed by atoms with Gasteiger partial charge in [-0.15, -0.1) is 0 Å². The second kappa shape index (κ2) is 9.57. The highest BCUT2D eigenvalue weighted by Crippen LogP contribution is 2.31. The molecule has 0 aliphatic carbocycles. The van der Waals surface area contributed by atoms with E-state index in [0.29, 0.717) is 48.7 Å². The molecule has 0 bridgehead atoms. The van der Waals surface area contributed by atoms with Crippen LogP contribution in [0.15, 0.2) is 39.8 Å². The van der Waals surface area contributed by atoms with Crippen molar-refractivity contribution in [3.8, 4) is 11.1 Å². The Morgan fingerprint density at radius 1 is 1.28 bits per heavy atom. The lowest BCUT2D eigenvalue weighted by Gasteiger charge is -2.38. The number of furan rings is 1. The van der Waals surface area contributed by atoms with Crippen LogP contribution in [0.3, 0.4) is 0 Å². The van der Waals surface area contributed by atoms with Gasteiger partial charge in [-0.05, 0) is 35.9 Å². The molecule has 0 aromatic carbocycles. The van der Waals surface area contributed by atoms with Crippen molar-refractivity contribution in [3.05, 3.63) is 46.7 Å². The fourth-order valence-electron chi connectivity index (χ4n) is 4.50. The summed E-state index contributed by atoms with van der Waals surface area (Å²) in [5.41, 5.74) is 1.79. The molecule has 14 heteroatoms. The van der Waals surface area contributed by atoms with Gasteiger partial charge in [0.15, 0.2) is 0 Å². The number of hydrogen-bond acceptors (Lipinski definition) is 7. The molecule has 1 atom stereocenters. The number of carbonyl (C=O) groups is 1. The molecule has 4 rings (SSSR count). The molecule has 4 heterocycles. The Morgan fingerprint density at radius 3 is 2.61 bits per heavy atom. The number of fused-ring (bicyclic) bond motifs is 1. The van der Waals surface area contributed by atoms with Gasteiger partial charge in [0.05, 0.1) is 18.2 Å². The monoisotopic (exact) mass is 509 g/mol. The number of piperazine rings is 1. The molecular weight excluding hydrogens is 479 g/mol. The second-order valence-electron chi connectivity index (χ2n) is 10.4. The van der Waals surface area contributed by atoms with Crippen molar-refractivity contribution in [2.24, 2.45) is 0 Å². The number of nitrogens with one attached hydrogen (secondary N) is 1. The minimum atomic E-state index is -3.24. The molecule has 0 saturated carbocycles. The van der Waals surface area contributed by atoms with Crippen LogP contribution < -0.4 is 10.9 Å². The van der Waals surface area contributed by atoms with Crippen molar-refractivity contribution in [1.29, 1.82) is 0 Å². The van der Waals surface area contributed by atoms with Crippen LogP contribution in [0.2, 0.25) is 0 Å². The fourth-order valence-corrected chi connectivity index (χ4v) is 5.40. The van der Waals surface area contributed by atoms with E-state index in [0.717, 1.165) is 11.1 Å². The molecule has 3 aromatic rings. The van der Waals surface area contributed by atoms with Crippen molar-refractivity contribution < 1.29 is 17.6 Å². The number of aromatic nitrogens is 2. The normalized spacial score (nSPS) is 17.9. The predicted octanol–water partition coefficient (Wildman–Crippen LogP) is -1.45. The zero-order chi connectivity index (χ0) is 26.4. The number of carbonyl (C=O) groups excluding carboxylic acids is 1. The third-order valence-electron chi connectivity index (χ3n) is 6.39. The Kier molecular flexibility index (Phi) is 6.97. The smallest absolute Gasteiger partial charge is 0.260 e.